The van der Waals surface area contributed by atoms with E-state index in [9.17, 15) is 5.11 Å². The first-order valence-electron chi connectivity index (χ1n) is 4.83. The third-order valence-electron chi connectivity index (χ3n) is 2.77. The molecule has 4 heteroatoms. The van der Waals surface area contributed by atoms with Gasteiger partial charge in [0.1, 0.15) is 11.9 Å². The largest absolute Gasteiger partial charge is 0.486 e. The summed E-state index contributed by atoms with van der Waals surface area (Å²) < 4.78 is 5.61. The average molecular weight is 247 g/mol. The van der Waals surface area contributed by atoms with Crippen molar-refractivity contribution in [3.63, 3.8) is 0 Å². The Hall–Kier alpha value is -0.440. The SMILES string of the molecule is C[C@]1(O)CC[C@@H]1Oc1ccc(Cl)cc1Cl. The summed E-state index contributed by atoms with van der Waals surface area (Å²) in [6, 6.07) is 5.07. The Balaban J connectivity index is 2.11. The topological polar surface area (TPSA) is 29.5 Å². The molecular formula is C11H12Cl2O2. The zero-order chi connectivity index (χ0) is 11.1. The molecule has 0 unspecified atom stereocenters. The number of hydrogen-bond donors (Lipinski definition) is 1. The van der Waals surface area contributed by atoms with Crippen molar-refractivity contribution in [3.8, 4) is 5.75 Å². The van der Waals surface area contributed by atoms with E-state index in [1.807, 2.05) is 0 Å². The van der Waals surface area contributed by atoms with Gasteiger partial charge in [-0.2, -0.15) is 0 Å². The van der Waals surface area contributed by atoms with Crippen molar-refractivity contribution in [3.05, 3.63) is 28.2 Å². The lowest BCUT2D eigenvalue weighted by Crippen LogP contribution is -2.52. The lowest BCUT2D eigenvalue weighted by atomic mass is 9.78. The predicted molar refractivity (Wildman–Crippen MR) is 60.7 cm³/mol. The zero-order valence-corrected chi connectivity index (χ0v) is 9.85. The molecule has 0 spiro atoms. The number of aliphatic hydroxyl groups is 1. The predicted octanol–water partition coefficient (Wildman–Crippen LogP) is 3.29. The molecule has 1 N–H and O–H groups in total. The molecule has 1 fully saturated rings. The van der Waals surface area contributed by atoms with Crippen molar-refractivity contribution in [2.45, 2.75) is 31.5 Å². The van der Waals surface area contributed by atoms with Crippen molar-refractivity contribution in [1.29, 1.82) is 0 Å². The number of halogens is 2. The quantitative estimate of drug-likeness (QED) is 0.868. The summed E-state index contributed by atoms with van der Waals surface area (Å²) in [5.74, 6) is 0.575. The van der Waals surface area contributed by atoms with Crippen LogP contribution in [0, 0.1) is 0 Å². The highest BCUT2D eigenvalue weighted by molar-refractivity contribution is 6.35. The number of ether oxygens (including phenoxy) is 1. The van der Waals surface area contributed by atoms with Crippen molar-refractivity contribution in [2.24, 2.45) is 0 Å². The summed E-state index contributed by atoms with van der Waals surface area (Å²) >= 11 is 11.7. The maximum absolute atomic E-state index is 9.79. The standard InChI is InChI=1S/C11H12Cl2O2/c1-11(14)5-4-10(11)15-9-3-2-7(12)6-8(9)13/h2-3,6,10,14H,4-5H2,1H3/t10-,11-/m0/s1. The molecule has 15 heavy (non-hydrogen) atoms. The van der Waals surface area contributed by atoms with E-state index in [-0.39, 0.29) is 6.10 Å². The minimum atomic E-state index is -0.733. The monoisotopic (exact) mass is 246 g/mol. The van der Waals surface area contributed by atoms with Crippen LogP contribution < -0.4 is 4.74 Å². The van der Waals surface area contributed by atoms with E-state index in [0.29, 0.717) is 15.8 Å². The van der Waals surface area contributed by atoms with E-state index in [2.05, 4.69) is 0 Å². The molecule has 1 aliphatic rings. The van der Waals surface area contributed by atoms with E-state index < -0.39 is 5.60 Å². The third kappa shape index (κ3) is 2.22. The smallest absolute Gasteiger partial charge is 0.138 e. The van der Waals surface area contributed by atoms with Gasteiger partial charge in [0.15, 0.2) is 0 Å². The van der Waals surface area contributed by atoms with E-state index in [4.69, 9.17) is 27.9 Å². The minimum Gasteiger partial charge on any atom is -0.486 e. The van der Waals surface area contributed by atoms with Crippen LogP contribution in [0.4, 0.5) is 0 Å². The number of benzene rings is 1. The second kappa shape index (κ2) is 3.85. The van der Waals surface area contributed by atoms with Crippen molar-refractivity contribution in [2.75, 3.05) is 0 Å². The fourth-order valence-corrected chi connectivity index (χ4v) is 2.04. The van der Waals surface area contributed by atoms with Gasteiger partial charge in [-0.05, 0) is 38.0 Å². The van der Waals surface area contributed by atoms with Gasteiger partial charge in [0, 0.05) is 5.02 Å². The molecule has 0 saturated heterocycles. The van der Waals surface area contributed by atoms with Gasteiger partial charge in [0.05, 0.1) is 10.6 Å². The molecule has 2 rings (SSSR count). The Labute approximate surface area is 98.8 Å². The Morgan fingerprint density at radius 2 is 2.20 bits per heavy atom. The molecule has 1 aromatic carbocycles. The summed E-state index contributed by atoms with van der Waals surface area (Å²) in [6.45, 7) is 1.77. The number of rotatable bonds is 2. The highest BCUT2D eigenvalue weighted by atomic mass is 35.5. The van der Waals surface area contributed by atoms with E-state index in [0.717, 1.165) is 12.8 Å². The highest BCUT2D eigenvalue weighted by Gasteiger charge is 2.43. The Morgan fingerprint density at radius 3 is 2.67 bits per heavy atom. The minimum absolute atomic E-state index is 0.170. The first-order valence-corrected chi connectivity index (χ1v) is 5.59. The lowest BCUT2D eigenvalue weighted by Gasteiger charge is -2.42. The Kier molecular flexibility index (Phi) is 2.84. The van der Waals surface area contributed by atoms with Crippen LogP contribution in [0.1, 0.15) is 19.8 Å². The molecule has 1 saturated carbocycles. The maximum Gasteiger partial charge on any atom is 0.138 e. The van der Waals surface area contributed by atoms with Gasteiger partial charge in [-0.15, -0.1) is 0 Å². The van der Waals surface area contributed by atoms with Gasteiger partial charge in [0.25, 0.3) is 0 Å². The molecule has 0 radical (unpaired) electrons. The normalized spacial score (nSPS) is 29.7. The Bertz CT molecular complexity index is 377. The third-order valence-corrected chi connectivity index (χ3v) is 3.30. The molecular weight excluding hydrogens is 235 g/mol. The summed E-state index contributed by atoms with van der Waals surface area (Å²) in [4.78, 5) is 0. The number of hydrogen-bond acceptors (Lipinski definition) is 2. The van der Waals surface area contributed by atoms with Gasteiger partial charge in [-0.25, -0.2) is 0 Å². The molecule has 1 aliphatic carbocycles. The molecule has 0 bridgehead atoms. The van der Waals surface area contributed by atoms with E-state index in [1.165, 1.54) is 0 Å². The average Bonchev–Trinajstić information content (AvgIpc) is 2.15. The van der Waals surface area contributed by atoms with Crippen molar-refractivity contribution >= 4 is 23.2 Å². The molecule has 0 aliphatic heterocycles. The summed E-state index contributed by atoms with van der Waals surface area (Å²) in [5, 5.41) is 10.8. The van der Waals surface area contributed by atoms with Crippen LogP contribution in [0.15, 0.2) is 18.2 Å². The van der Waals surface area contributed by atoms with Crippen LogP contribution in [-0.4, -0.2) is 16.8 Å². The highest BCUT2D eigenvalue weighted by Crippen LogP contribution is 2.37. The fourth-order valence-electron chi connectivity index (χ4n) is 1.59. The molecule has 0 amide bonds. The second-order valence-electron chi connectivity index (χ2n) is 4.08. The molecule has 0 aromatic heterocycles. The van der Waals surface area contributed by atoms with Crippen LogP contribution in [-0.2, 0) is 0 Å². The summed E-state index contributed by atoms with van der Waals surface area (Å²) in [6.07, 6.45) is 1.45. The molecule has 0 heterocycles. The maximum atomic E-state index is 9.79. The molecule has 1 aromatic rings. The van der Waals surface area contributed by atoms with Crippen LogP contribution in [0.2, 0.25) is 10.0 Å². The Morgan fingerprint density at radius 1 is 1.47 bits per heavy atom. The van der Waals surface area contributed by atoms with E-state index >= 15 is 0 Å². The van der Waals surface area contributed by atoms with Gasteiger partial charge < -0.3 is 9.84 Å². The summed E-state index contributed by atoms with van der Waals surface area (Å²) in [7, 11) is 0. The molecule has 82 valence electrons. The fraction of sp³-hybridized carbons (Fsp3) is 0.455. The second-order valence-corrected chi connectivity index (χ2v) is 4.92. The first-order chi connectivity index (χ1) is 6.99. The van der Waals surface area contributed by atoms with Crippen LogP contribution >= 0.6 is 23.2 Å². The van der Waals surface area contributed by atoms with Crippen LogP contribution in [0.3, 0.4) is 0 Å². The van der Waals surface area contributed by atoms with Crippen LogP contribution in [0.5, 0.6) is 5.75 Å². The van der Waals surface area contributed by atoms with E-state index in [1.54, 1.807) is 25.1 Å². The van der Waals surface area contributed by atoms with Crippen LogP contribution in [0.25, 0.3) is 0 Å². The van der Waals surface area contributed by atoms with Crippen molar-refractivity contribution < 1.29 is 9.84 Å². The van der Waals surface area contributed by atoms with Gasteiger partial charge >= 0.3 is 0 Å². The lowest BCUT2D eigenvalue weighted by molar-refractivity contribution is -0.118. The van der Waals surface area contributed by atoms with Gasteiger partial charge in [-0.1, -0.05) is 23.2 Å². The zero-order valence-electron chi connectivity index (χ0n) is 8.34. The summed E-state index contributed by atoms with van der Waals surface area (Å²) in [5.41, 5.74) is -0.733. The molecule has 2 atom stereocenters. The first kappa shape index (κ1) is 11.1. The van der Waals surface area contributed by atoms with Gasteiger partial charge in [0.2, 0.25) is 0 Å². The van der Waals surface area contributed by atoms with Gasteiger partial charge in [-0.3, -0.25) is 0 Å². The molecule has 2 nitrogen and oxygen atoms in total. The van der Waals surface area contributed by atoms with Crippen molar-refractivity contribution in [1.82, 2.24) is 0 Å².